The molecule has 1 aromatic rings. The molecule has 1 atom stereocenters. The van der Waals surface area contributed by atoms with Gasteiger partial charge >= 0.3 is 5.97 Å². The van der Waals surface area contributed by atoms with Crippen molar-refractivity contribution in [1.29, 1.82) is 0 Å². The summed E-state index contributed by atoms with van der Waals surface area (Å²) < 4.78 is 31.4. The van der Waals surface area contributed by atoms with Crippen molar-refractivity contribution < 1.29 is 17.9 Å². The van der Waals surface area contributed by atoms with Crippen molar-refractivity contribution in [2.24, 2.45) is 0 Å². The Balaban J connectivity index is 2.45. The minimum absolute atomic E-state index is 0.0774. The highest BCUT2D eigenvalue weighted by Crippen LogP contribution is 2.31. The fourth-order valence-electron chi connectivity index (χ4n) is 2.37. The van der Waals surface area contributed by atoms with Crippen LogP contribution in [0, 0.1) is 0 Å². The maximum Gasteiger partial charge on any atom is 0.324 e. The molecule has 0 radical (unpaired) electrons. The zero-order valence-corrected chi connectivity index (χ0v) is 13.7. The number of sulfonamides is 1. The highest BCUT2D eigenvalue weighted by Gasteiger charge is 2.39. The number of rotatable bonds is 3. The van der Waals surface area contributed by atoms with Crippen molar-refractivity contribution in [2.45, 2.75) is 30.2 Å². The average molecular weight is 352 g/mol. The number of esters is 1. The van der Waals surface area contributed by atoms with Crippen LogP contribution in [0.2, 0.25) is 10.0 Å². The minimum atomic E-state index is -3.90. The van der Waals surface area contributed by atoms with Gasteiger partial charge in [0, 0.05) is 11.6 Å². The van der Waals surface area contributed by atoms with Gasteiger partial charge in [-0.1, -0.05) is 23.2 Å². The fraction of sp³-hybridized carbons (Fsp3) is 0.462. The summed E-state index contributed by atoms with van der Waals surface area (Å²) in [6, 6.07) is 3.41. The summed E-state index contributed by atoms with van der Waals surface area (Å²) >= 11 is 11.8. The number of hydrogen-bond donors (Lipinski definition) is 0. The van der Waals surface area contributed by atoms with Crippen LogP contribution < -0.4 is 0 Å². The number of ether oxygens (including phenoxy) is 1. The lowest BCUT2D eigenvalue weighted by molar-refractivity contribution is -0.146. The molecule has 0 aromatic heterocycles. The predicted molar refractivity (Wildman–Crippen MR) is 80.0 cm³/mol. The Morgan fingerprint density at radius 1 is 1.33 bits per heavy atom. The lowest BCUT2D eigenvalue weighted by Crippen LogP contribution is -2.48. The summed E-state index contributed by atoms with van der Waals surface area (Å²) in [4.78, 5) is 11.7. The quantitative estimate of drug-likeness (QED) is 0.785. The number of nitrogens with zero attached hydrogens (tertiary/aromatic N) is 1. The van der Waals surface area contributed by atoms with Crippen LogP contribution in [0.3, 0.4) is 0 Å². The van der Waals surface area contributed by atoms with E-state index in [-0.39, 0.29) is 21.5 Å². The molecule has 1 fully saturated rings. The Labute approximate surface area is 133 Å². The molecule has 0 bridgehead atoms. The number of carbonyl (C=O) groups excluding carboxylic acids is 1. The highest BCUT2D eigenvalue weighted by molar-refractivity contribution is 7.89. The molecular formula is C13H15Cl2NO4S. The van der Waals surface area contributed by atoms with E-state index in [0.29, 0.717) is 12.8 Å². The normalized spacial score (nSPS) is 20.2. The Bertz CT molecular complexity index is 648. The van der Waals surface area contributed by atoms with Crippen molar-refractivity contribution in [2.75, 3.05) is 13.7 Å². The average Bonchev–Trinajstić information content (AvgIpc) is 2.48. The van der Waals surface area contributed by atoms with Gasteiger partial charge in [-0.15, -0.1) is 0 Å². The summed E-state index contributed by atoms with van der Waals surface area (Å²) in [6.07, 6.45) is 1.89. The smallest absolute Gasteiger partial charge is 0.324 e. The maximum atomic E-state index is 12.8. The lowest BCUT2D eigenvalue weighted by atomic mass is 10.1. The van der Waals surface area contributed by atoms with Gasteiger partial charge in [0.25, 0.3) is 0 Å². The molecule has 1 aromatic carbocycles. The first-order chi connectivity index (χ1) is 9.87. The molecule has 0 aliphatic carbocycles. The fourth-order valence-corrected chi connectivity index (χ4v) is 4.75. The van der Waals surface area contributed by atoms with Gasteiger partial charge in [-0.2, -0.15) is 4.31 Å². The van der Waals surface area contributed by atoms with Gasteiger partial charge in [0.1, 0.15) is 10.9 Å². The van der Waals surface area contributed by atoms with Gasteiger partial charge < -0.3 is 4.74 Å². The largest absolute Gasteiger partial charge is 0.468 e. The van der Waals surface area contributed by atoms with E-state index < -0.39 is 22.0 Å². The molecule has 5 nitrogen and oxygen atoms in total. The van der Waals surface area contributed by atoms with E-state index in [9.17, 15) is 13.2 Å². The second-order valence-electron chi connectivity index (χ2n) is 4.73. The van der Waals surface area contributed by atoms with Gasteiger partial charge in [-0.05, 0) is 37.5 Å². The van der Waals surface area contributed by atoms with E-state index in [4.69, 9.17) is 27.9 Å². The van der Waals surface area contributed by atoms with Crippen molar-refractivity contribution in [3.8, 4) is 0 Å². The first-order valence-electron chi connectivity index (χ1n) is 6.42. The molecule has 116 valence electrons. The number of piperidine rings is 1. The van der Waals surface area contributed by atoms with Crippen molar-refractivity contribution in [3.63, 3.8) is 0 Å². The van der Waals surface area contributed by atoms with Gasteiger partial charge in [0.15, 0.2) is 0 Å². The second-order valence-corrected chi connectivity index (χ2v) is 7.43. The van der Waals surface area contributed by atoms with Crippen LogP contribution in [0.5, 0.6) is 0 Å². The standard InChI is InChI=1S/C13H15Cl2NO4S/c1-20-13(17)11-4-2-3-7-16(11)21(18,19)12-8-9(14)5-6-10(12)15/h5-6,8,11H,2-4,7H2,1H3/t11-/m0/s1. The zero-order chi connectivity index (χ0) is 15.6. The topological polar surface area (TPSA) is 63.7 Å². The number of benzene rings is 1. The Morgan fingerprint density at radius 2 is 2.05 bits per heavy atom. The molecule has 8 heteroatoms. The molecule has 0 N–H and O–H groups in total. The van der Waals surface area contributed by atoms with Crippen LogP contribution in [-0.2, 0) is 19.6 Å². The Kier molecular flexibility index (Phi) is 5.14. The van der Waals surface area contributed by atoms with Crippen LogP contribution >= 0.6 is 23.2 Å². The molecule has 0 amide bonds. The molecule has 1 aliphatic rings. The molecule has 0 unspecified atom stereocenters. The first kappa shape index (κ1) is 16.5. The SMILES string of the molecule is COC(=O)[C@@H]1CCCCN1S(=O)(=O)c1cc(Cl)ccc1Cl. The number of methoxy groups -OCH3 is 1. The van der Waals surface area contributed by atoms with Gasteiger partial charge in [0.05, 0.1) is 12.1 Å². The summed E-state index contributed by atoms with van der Waals surface area (Å²) in [5.74, 6) is -0.559. The van der Waals surface area contributed by atoms with Gasteiger partial charge in [-0.3, -0.25) is 4.79 Å². The molecular weight excluding hydrogens is 337 g/mol. The van der Waals surface area contributed by atoms with E-state index >= 15 is 0 Å². The van der Waals surface area contributed by atoms with E-state index in [1.54, 1.807) is 0 Å². The van der Waals surface area contributed by atoms with E-state index in [1.165, 1.54) is 25.3 Å². The van der Waals surface area contributed by atoms with Gasteiger partial charge in [0.2, 0.25) is 10.0 Å². The van der Waals surface area contributed by atoms with Crippen LogP contribution in [-0.4, -0.2) is 38.4 Å². The number of hydrogen-bond acceptors (Lipinski definition) is 4. The number of halogens is 2. The molecule has 2 rings (SSSR count). The third-order valence-electron chi connectivity index (χ3n) is 3.41. The number of carbonyl (C=O) groups is 1. The molecule has 1 heterocycles. The van der Waals surface area contributed by atoms with Crippen LogP contribution in [0.15, 0.2) is 23.1 Å². The maximum absolute atomic E-state index is 12.8. The summed E-state index contributed by atoms with van der Waals surface area (Å²) in [5, 5.41) is 0.346. The Hall–Kier alpha value is -0.820. The van der Waals surface area contributed by atoms with E-state index in [2.05, 4.69) is 0 Å². The van der Waals surface area contributed by atoms with Gasteiger partial charge in [-0.25, -0.2) is 8.42 Å². The molecule has 1 aliphatic heterocycles. The first-order valence-corrected chi connectivity index (χ1v) is 8.62. The van der Waals surface area contributed by atoms with E-state index in [0.717, 1.165) is 10.7 Å². The summed E-state index contributed by atoms with van der Waals surface area (Å²) in [5.41, 5.74) is 0. The molecule has 1 saturated heterocycles. The van der Waals surface area contributed by atoms with Crippen molar-refractivity contribution >= 4 is 39.2 Å². The van der Waals surface area contributed by atoms with Crippen LogP contribution in [0.25, 0.3) is 0 Å². The van der Waals surface area contributed by atoms with E-state index in [1.807, 2.05) is 0 Å². The highest BCUT2D eigenvalue weighted by atomic mass is 35.5. The Morgan fingerprint density at radius 3 is 2.71 bits per heavy atom. The predicted octanol–water partition coefficient (Wildman–Crippen LogP) is 2.71. The van der Waals surface area contributed by atoms with Crippen LogP contribution in [0.4, 0.5) is 0 Å². The third kappa shape index (κ3) is 3.34. The molecule has 21 heavy (non-hydrogen) atoms. The lowest BCUT2D eigenvalue weighted by Gasteiger charge is -2.32. The monoisotopic (exact) mass is 351 g/mol. The summed E-state index contributed by atoms with van der Waals surface area (Å²) in [6.45, 7) is 0.255. The summed E-state index contributed by atoms with van der Waals surface area (Å²) in [7, 11) is -2.66. The van der Waals surface area contributed by atoms with Crippen LogP contribution in [0.1, 0.15) is 19.3 Å². The van der Waals surface area contributed by atoms with Crippen molar-refractivity contribution in [1.82, 2.24) is 4.31 Å². The zero-order valence-electron chi connectivity index (χ0n) is 11.4. The second kappa shape index (κ2) is 6.52. The van der Waals surface area contributed by atoms with Crippen molar-refractivity contribution in [3.05, 3.63) is 28.2 Å². The minimum Gasteiger partial charge on any atom is -0.468 e. The molecule has 0 spiro atoms. The molecule has 0 saturated carbocycles. The third-order valence-corrected chi connectivity index (χ3v) is 6.03.